The third kappa shape index (κ3) is 5.37. The lowest BCUT2D eigenvalue weighted by atomic mass is 9.93. The predicted octanol–water partition coefficient (Wildman–Crippen LogP) is 2.63. The second-order valence-corrected chi connectivity index (χ2v) is 6.41. The molecule has 138 valence electrons. The van der Waals surface area contributed by atoms with E-state index in [1.54, 1.807) is 13.2 Å². The van der Waals surface area contributed by atoms with E-state index in [1.165, 1.54) is 19.3 Å². The molecule has 1 aliphatic rings. The van der Waals surface area contributed by atoms with Crippen molar-refractivity contribution in [2.45, 2.75) is 58.0 Å². The molecule has 1 saturated carbocycles. The number of nitrogens with two attached hydrogens (primary N) is 1. The van der Waals surface area contributed by atoms with Crippen LogP contribution in [0.3, 0.4) is 0 Å². The Bertz CT molecular complexity index is 597. The van der Waals surface area contributed by atoms with Crippen molar-refractivity contribution in [2.24, 2.45) is 5.73 Å². The highest BCUT2D eigenvalue weighted by molar-refractivity contribution is 5.76. The van der Waals surface area contributed by atoms with E-state index < -0.39 is 5.91 Å². The van der Waals surface area contributed by atoms with Gasteiger partial charge < -0.3 is 20.1 Å². The molecule has 0 unspecified atom stereocenters. The maximum atomic E-state index is 12.4. The van der Waals surface area contributed by atoms with Gasteiger partial charge in [0.25, 0.3) is 5.91 Å². The van der Waals surface area contributed by atoms with E-state index in [-0.39, 0.29) is 12.5 Å². The van der Waals surface area contributed by atoms with E-state index in [9.17, 15) is 9.59 Å². The van der Waals surface area contributed by atoms with Gasteiger partial charge in [-0.2, -0.15) is 0 Å². The summed E-state index contributed by atoms with van der Waals surface area (Å²) >= 11 is 0. The number of carbonyl (C=O) groups is 2. The standard InChI is InChI=1S/C19H28N2O4/c1-3-19(23)21(15-7-5-4-6-8-15)12-14-9-10-16(17(11-14)24-2)25-13-18(20)22/h9-11,15H,3-8,12-13H2,1-2H3,(H2,20,22). The molecule has 1 fully saturated rings. The monoisotopic (exact) mass is 348 g/mol. The van der Waals surface area contributed by atoms with Crippen molar-refractivity contribution in [1.82, 2.24) is 4.90 Å². The molecule has 2 rings (SSSR count). The van der Waals surface area contributed by atoms with Gasteiger partial charge in [-0.1, -0.05) is 32.3 Å². The lowest BCUT2D eigenvalue weighted by Gasteiger charge is -2.34. The zero-order chi connectivity index (χ0) is 18.2. The van der Waals surface area contributed by atoms with Crippen LogP contribution in [0.25, 0.3) is 0 Å². The van der Waals surface area contributed by atoms with Crippen LogP contribution in [0.15, 0.2) is 18.2 Å². The highest BCUT2D eigenvalue weighted by atomic mass is 16.5. The molecule has 0 aromatic heterocycles. The van der Waals surface area contributed by atoms with Crippen molar-refractivity contribution in [3.8, 4) is 11.5 Å². The average molecular weight is 348 g/mol. The van der Waals surface area contributed by atoms with E-state index in [2.05, 4.69) is 0 Å². The van der Waals surface area contributed by atoms with Gasteiger partial charge in [-0.15, -0.1) is 0 Å². The first-order chi connectivity index (χ1) is 12.0. The molecule has 0 atom stereocenters. The number of nitrogens with zero attached hydrogens (tertiary/aromatic N) is 1. The smallest absolute Gasteiger partial charge is 0.255 e. The molecule has 2 N–H and O–H groups in total. The van der Waals surface area contributed by atoms with Gasteiger partial charge in [0.2, 0.25) is 5.91 Å². The number of amides is 2. The Balaban J connectivity index is 2.14. The normalized spacial score (nSPS) is 14.8. The van der Waals surface area contributed by atoms with Gasteiger partial charge in [-0.05, 0) is 30.5 Å². The van der Waals surface area contributed by atoms with Crippen molar-refractivity contribution in [3.05, 3.63) is 23.8 Å². The van der Waals surface area contributed by atoms with E-state index in [4.69, 9.17) is 15.2 Å². The van der Waals surface area contributed by atoms with E-state index in [0.29, 0.717) is 30.5 Å². The molecular weight excluding hydrogens is 320 g/mol. The van der Waals surface area contributed by atoms with Crippen LogP contribution in [-0.2, 0) is 16.1 Å². The van der Waals surface area contributed by atoms with Gasteiger partial charge in [0, 0.05) is 19.0 Å². The largest absolute Gasteiger partial charge is 0.493 e. The fraction of sp³-hybridized carbons (Fsp3) is 0.579. The molecule has 6 nitrogen and oxygen atoms in total. The van der Waals surface area contributed by atoms with Crippen molar-refractivity contribution in [3.63, 3.8) is 0 Å². The van der Waals surface area contributed by atoms with Crippen molar-refractivity contribution >= 4 is 11.8 Å². The summed E-state index contributed by atoms with van der Waals surface area (Å²) in [4.78, 5) is 25.3. The Morgan fingerprint density at radius 3 is 2.52 bits per heavy atom. The quantitative estimate of drug-likeness (QED) is 0.783. The van der Waals surface area contributed by atoms with Crippen LogP contribution < -0.4 is 15.2 Å². The Labute approximate surface area is 149 Å². The minimum absolute atomic E-state index is 0.180. The summed E-state index contributed by atoms with van der Waals surface area (Å²) in [5.74, 6) is 0.644. The minimum Gasteiger partial charge on any atom is -0.493 e. The fourth-order valence-corrected chi connectivity index (χ4v) is 3.29. The minimum atomic E-state index is -0.539. The summed E-state index contributed by atoms with van der Waals surface area (Å²) in [6.07, 6.45) is 6.27. The first-order valence-corrected chi connectivity index (χ1v) is 8.92. The lowest BCUT2D eigenvalue weighted by molar-refractivity contribution is -0.134. The van der Waals surface area contributed by atoms with Gasteiger partial charge >= 0.3 is 0 Å². The van der Waals surface area contributed by atoms with Gasteiger partial charge in [-0.3, -0.25) is 9.59 Å². The molecule has 1 aromatic carbocycles. The predicted molar refractivity (Wildman–Crippen MR) is 95.4 cm³/mol. The van der Waals surface area contributed by atoms with Crippen LogP contribution in [0.4, 0.5) is 0 Å². The van der Waals surface area contributed by atoms with Crippen LogP contribution in [0.1, 0.15) is 51.0 Å². The number of benzene rings is 1. The Morgan fingerprint density at radius 1 is 1.20 bits per heavy atom. The summed E-state index contributed by atoms with van der Waals surface area (Å²) in [6, 6.07) is 5.83. The third-order valence-electron chi connectivity index (χ3n) is 4.59. The van der Waals surface area contributed by atoms with E-state index >= 15 is 0 Å². The molecule has 0 spiro atoms. The number of methoxy groups -OCH3 is 1. The summed E-state index contributed by atoms with van der Waals surface area (Å²) in [5, 5.41) is 0. The van der Waals surface area contributed by atoms with Crippen LogP contribution in [0.5, 0.6) is 11.5 Å². The molecule has 0 aliphatic heterocycles. The molecule has 0 radical (unpaired) electrons. The maximum Gasteiger partial charge on any atom is 0.255 e. The maximum absolute atomic E-state index is 12.4. The molecule has 1 aliphatic carbocycles. The highest BCUT2D eigenvalue weighted by Crippen LogP contribution is 2.30. The Kier molecular flexibility index (Phi) is 7.10. The first-order valence-electron chi connectivity index (χ1n) is 8.92. The molecule has 0 bridgehead atoms. The second kappa shape index (κ2) is 9.30. The number of carbonyl (C=O) groups excluding carboxylic acids is 2. The Morgan fingerprint density at radius 2 is 1.92 bits per heavy atom. The molecule has 0 heterocycles. The molecule has 0 saturated heterocycles. The summed E-state index contributed by atoms with van der Waals surface area (Å²) < 4.78 is 10.7. The summed E-state index contributed by atoms with van der Waals surface area (Å²) in [6.45, 7) is 2.27. The Hall–Kier alpha value is -2.24. The molecule has 6 heteroatoms. The number of primary amides is 1. The fourth-order valence-electron chi connectivity index (χ4n) is 3.29. The zero-order valence-electron chi connectivity index (χ0n) is 15.1. The number of hydrogen-bond acceptors (Lipinski definition) is 4. The second-order valence-electron chi connectivity index (χ2n) is 6.41. The van der Waals surface area contributed by atoms with Crippen molar-refractivity contribution in [1.29, 1.82) is 0 Å². The van der Waals surface area contributed by atoms with E-state index in [0.717, 1.165) is 18.4 Å². The number of ether oxygens (including phenoxy) is 2. The van der Waals surface area contributed by atoms with Gasteiger partial charge in [0.05, 0.1) is 7.11 Å². The van der Waals surface area contributed by atoms with Gasteiger partial charge in [0.1, 0.15) is 0 Å². The van der Waals surface area contributed by atoms with Crippen LogP contribution >= 0.6 is 0 Å². The van der Waals surface area contributed by atoms with Crippen molar-refractivity contribution in [2.75, 3.05) is 13.7 Å². The average Bonchev–Trinajstić information content (AvgIpc) is 2.64. The van der Waals surface area contributed by atoms with Crippen LogP contribution in [-0.4, -0.2) is 36.5 Å². The summed E-state index contributed by atoms with van der Waals surface area (Å²) in [7, 11) is 1.55. The van der Waals surface area contributed by atoms with Crippen LogP contribution in [0, 0.1) is 0 Å². The highest BCUT2D eigenvalue weighted by Gasteiger charge is 2.24. The van der Waals surface area contributed by atoms with Gasteiger partial charge in [-0.25, -0.2) is 0 Å². The topological polar surface area (TPSA) is 81.9 Å². The molecule has 1 aromatic rings. The lowest BCUT2D eigenvalue weighted by Crippen LogP contribution is -2.40. The number of hydrogen-bond donors (Lipinski definition) is 1. The molecule has 25 heavy (non-hydrogen) atoms. The molecular formula is C19H28N2O4. The summed E-state index contributed by atoms with van der Waals surface area (Å²) in [5.41, 5.74) is 6.09. The zero-order valence-corrected chi connectivity index (χ0v) is 15.1. The van der Waals surface area contributed by atoms with Crippen molar-refractivity contribution < 1.29 is 19.1 Å². The number of rotatable bonds is 8. The van der Waals surface area contributed by atoms with Gasteiger partial charge in [0.15, 0.2) is 18.1 Å². The van der Waals surface area contributed by atoms with Crippen LogP contribution in [0.2, 0.25) is 0 Å². The first kappa shape index (κ1) is 19.1. The SMILES string of the molecule is CCC(=O)N(Cc1ccc(OCC(N)=O)c(OC)c1)C1CCCCC1. The van der Waals surface area contributed by atoms with E-state index in [1.807, 2.05) is 24.0 Å². The third-order valence-corrected chi connectivity index (χ3v) is 4.59. The molecule has 2 amide bonds.